The first-order valence-electron chi connectivity index (χ1n) is 3.96. The van der Waals surface area contributed by atoms with Crippen molar-refractivity contribution in [2.24, 2.45) is 0 Å². The maximum atomic E-state index is 5.33. The van der Waals surface area contributed by atoms with Crippen LogP contribution in [0.5, 0.6) is 11.5 Å². The Balaban J connectivity index is 3.43. The molecule has 0 unspecified atom stereocenters. The summed E-state index contributed by atoms with van der Waals surface area (Å²) in [7, 11) is 3.10. The molecule has 0 aromatic heterocycles. The molecule has 70 valence electrons. The van der Waals surface area contributed by atoms with Crippen LogP contribution in [-0.4, -0.2) is 14.2 Å². The van der Waals surface area contributed by atoms with Crippen LogP contribution < -0.4 is 9.47 Å². The number of terminal acetylenes is 2. The van der Waals surface area contributed by atoms with Crippen LogP contribution in [0.2, 0.25) is 0 Å². The van der Waals surface area contributed by atoms with E-state index in [2.05, 4.69) is 11.8 Å². The number of rotatable bonds is 2. The van der Waals surface area contributed by atoms with Gasteiger partial charge in [-0.15, -0.1) is 12.8 Å². The lowest BCUT2D eigenvalue weighted by Crippen LogP contribution is -1.94. The quantitative estimate of drug-likeness (QED) is 0.654. The topological polar surface area (TPSA) is 18.5 Å². The van der Waals surface area contributed by atoms with E-state index >= 15 is 0 Å². The summed E-state index contributed by atoms with van der Waals surface area (Å²) in [5.74, 6) is 6.18. The fraction of sp³-hybridized carbons (Fsp3) is 0.167. The molecular weight excluding hydrogens is 176 g/mol. The fourth-order valence-corrected chi connectivity index (χ4v) is 1.13. The maximum Gasteiger partial charge on any atom is 0.139 e. The van der Waals surface area contributed by atoms with Gasteiger partial charge >= 0.3 is 0 Å². The van der Waals surface area contributed by atoms with Crippen LogP contribution in [-0.2, 0) is 0 Å². The van der Waals surface area contributed by atoms with Gasteiger partial charge in [0.2, 0.25) is 0 Å². The third-order valence-electron chi connectivity index (χ3n) is 1.83. The van der Waals surface area contributed by atoms with Gasteiger partial charge in [-0.1, -0.05) is 11.8 Å². The molecule has 1 aromatic carbocycles. The second-order valence-corrected chi connectivity index (χ2v) is 2.54. The molecule has 0 aliphatic heterocycles. The van der Waals surface area contributed by atoms with Crippen molar-refractivity contribution in [2.75, 3.05) is 14.2 Å². The first-order valence-corrected chi connectivity index (χ1v) is 3.96. The third-order valence-corrected chi connectivity index (χ3v) is 1.83. The zero-order chi connectivity index (χ0) is 10.6. The predicted octanol–water partition coefficient (Wildman–Crippen LogP) is 1.67. The first kappa shape index (κ1) is 10.0. The van der Waals surface area contributed by atoms with E-state index in [1.807, 2.05) is 0 Å². The summed E-state index contributed by atoms with van der Waals surface area (Å²) in [6.45, 7) is 0. The Morgan fingerprint density at radius 2 is 1.79 bits per heavy atom. The van der Waals surface area contributed by atoms with Gasteiger partial charge in [0.05, 0.1) is 19.8 Å². The second kappa shape index (κ2) is 4.25. The lowest BCUT2D eigenvalue weighted by molar-refractivity contribution is 0.393. The van der Waals surface area contributed by atoms with E-state index in [9.17, 15) is 0 Å². The number of methoxy groups -OCH3 is 2. The molecule has 0 bridgehead atoms. The first-order chi connectivity index (χ1) is 6.76. The monoisotopic (exact) mass is 186 g/mol. The molecule has 0 fully saturated rings. The molecule has 0 radical (unpaired) electrons. The second-order valence-electron chi connectivity index (χ2n) is 2.54. The van der Waals surface area contributed by atoms with Gasteiger partial charge in [-0.25, -0.2) is 0 Å². The van der Waals surface area contributed by atoms with Gasteiger partial charge in [-0.2, -0.15) is 0 Å². The van der Waals surface area contributed by atoms with Crippen molar-refractivity contribution in [3.63, 3.8) is 0 Å². The molecule has 2 heteroatoms. The van der Waals surface area contributed by atoms with E-state index < -0.39 is 0 Å². The molecule has 0 atom stereocenters. The fourth-order valence-electron chi connectivity index (χ4n) is 1.13. The Labute approximate surface area is 83.8 Å². The van der Waals surface area contributed by atoms with E-state index in [1.54, 1.807) is 19.2 Å². The summed E-state index contributed by atoms with van der Waals surface area (Å²) >= 11 is 0. The maximum absolute atomic E-state index is 5.33. The largest absolute Gasteiger partial charge is 0.497 e. The molecule has 0 heterocycles. The highest BCUT2D eigenvalue weighted by atomic mass is 16.5. The van der Waals surface area contributed by atoms with Gasteiger partial charge in [0.15, 0.2) is 0 Å². The lowest BCUT2D eigenvalue weighted by atomic mass is 10.1. The van der Waals surface area contributed by atoms with Gasteiger partial charge < -0.3 is 9.47 Å². The van der Waals surface area contributed by atoms with Crippen LogP contribution in [0.15, 0.2) is 12.1 Å². The van der Waals surface area contributed by atoms with E-state index in [-0.39, 0.29) is 0 Å². The summed E-state index contributed by atoms with van der Waals surface area (Å²) < 4.78 is 10.2. The molecule has 0 saturated carbocycles. The van der Waals surface area contributed by atoms with Crippen molar-refractivity contribution < 1.29 is 9.47 Å². The number of hydrogen-bond donors (Lipinski definition) is 0. The van der Waals surface area contributed by atoms with E-state index in [1.165, 1.54) is 7.11 Å². The lowest BCUT2D eigenvalue weighted by Gasteiger charge is -2.08. The molecule has 0 N–H and O–H groups in total. The van der Waals surface area contributed by atoms with Crippen molar-refractivity contribution in [3.8, 4) is 36.2 Å². The average Bonchev–Trinajstić information content (AvgIpc) is 2.26. The van der Waals surface area contributed by atoms with Crippen LogP contribution in [0.3, 0.4) is 0 Å². The van der Waals surface area contributed by atoms with E-state index in [0.717, 1.165) is 0 Å². The zero-order valence-electron chi connectivity index (χ0n) is 8.13. The van der Waals surface area contributed by atoms with Crippen molar-refractivity contribution in [1.82, 2.24) is 0 Å². The van der Waals surface area contributed by atoms with Crippen LogP contribution in [0.25, 0.3) is 0 Å². The van der Waals surface area contributed by atoms with Crippen molar-refractivity contribution in [3.05, 3.63) is 23.3 Å². The molecular formula is C12H10O2. The standard InChI is InChI=1S/C12H10O2/c1-5-9-7-10(13-3)8-12(14-4)11(9)6-2/h1-2,7-8H,3-4H3. The molecule has 0 aliphatic carbocycles. The molecule has 1 aromatic rings. The Bertz CT molecular complexity index is 419. The van der Waals surface area contributed by atoms with Crippen molar-refractivity contribution in [1.29, 1.82) is 0 Å². The van der Waals surface area contributed by atoms with Gasteiger partial charge in [0.1, 0.15) is 11.5 Å². The summed E-state index contributed by atoms with van der Waals surface area (Å²) in [6.07, 6.45) is 10.6. The van der Waals surface area contributed by atoms with Crippen molar-refractivity contribution in [2.45, 2.75) is 0 Å². The molecule has 0 saturated heterocycles. The number of ether oxygens (including phenoxy) is 2. The van der Waals surface area contributed by atoms with E-state index in [0.29, 0.717) is 22.6 Å². The highest BCUT2D eigenvalue weighted by molar-refractivity contribution is 5.59. The highest BCUT2D eigenvalue weighted by Gasteiger charge is 2.08. The van der Waals surface area contributed by atoms with E-state index in [4.69, 9.17) is 22.3 Å². The summed E-state index contributed by atoms with van der Waals surface area (Å²) in [5.41, 5.74) is 1.18. The number of benzene rings is 1. The van der Waals surface area contributed by atoms with Crippen LogP contribution in [0.4, 0.5) is 0 Å². The van der Waals surface area contributed by atoms with Crippen LogP contribution in [0, 0.1) is 24.7 Å². The Kier molecular flexibility index (Phi) is 3.05. The average molecular weight is 186 g/mol. The smallest absolute Gasteiger partial charge is 0.139 e. The minimum Gasteiger partial charge on any atom is -0.497 e. The Morgan fingerprint density at radius 3 is 2.21 bits per heavy atom. The summed E-state index contributed by atoms with van der Waals surface area (Å²) in [5, 5.41) is 0. The molecule has 0 aliphatic rings. The Morgan fingerprint density at radius 1 is 1.07 bits per heavy atom. The molecule has 1 rings (SSSR count). The number of hydrogen-bond acceptors (Lipinski definition) is 2. The SMILES string of the molecule is C#Cc1cc(OC)cc(OC)c1C#C. The zero-order valence-corrected chi connectivity index (χ0v) is 8.13. The van der Waals surface area contributed by atoms with Gasteiger partial charge in [-0.05, 0) is 6.07 Å². The molecule has 0 amide bonds. The Hall–Kier alpha value is -2.06. The summed E-state index contributed by atoms with van der Waals surface area (Å²) in [4.78, 5) is 0. The van der Waals surface area contributed by atoms with Crippen molar-refractivity contribution >= 4 is 0 Å². The van der Waals surface area contributed by atoms with Crippen LogP contribution >= 0.6 is 0 Å². The van der Waals surface area contributed by atoms with Crippen LogP contribution in [0.1, 0.15) is 11.1 Å². The minimum atomic E-state index is 0.555. The molecule has 0 spiro atoms. The van der Waals surface area contributed by atoms with Gasteiger partial charge in [-0.3, -0.25) is 0 Å². The third kappa shape index (κ3) is 1.65. The van der Waals surface area contributed by atoms with Gasteiger partial charge in [0.25, 0.3) is 0 Å². The van der Waals surface area contributed by atoms with Gasteiger partial charge in [0, 0.05) is 11.6 Å². The molecule has 2 nitrogen and oxygen atoms in total. The highest BCUT2D eigenvalue weighted by Crippen LogP contribution is 2.27. The summed E-state index contributed by atoms with van der Waals surface area (Å²) in [6, 6.07) is 3.41. The predicted molar refractivity (Wildman–Crippen MR) is 55.4 cm³/mol. The normalized spacial score (nSPS) is 8.57. The minimum absolute atomic E-state index is 0.555. The molecule has 14 heavy (non-hydrogen) atoms.